The lowest BCUT2D eigenvalue weighted by Crippen LogP contribution is -2.62. The van der Waals surface area contributed by atoms with Gasteiger partial charge in [-0.2, -0.15) is 13.2 Å². The molecule has 0 saturated carbocycles. The molecule has 0 bridgehead atoms. The highest BCUT2D eigenvalue weighted by Gasteiger charge is 2.42. The van der Waals surface area contributed by atoms with Crippen LogP contribution >= 0.6 is 0 Å². The first-order valence-corrected chi connectivity index (χ1v) is 22.9. The molecule has 0 aliphatic heterocycles. The standard InChI is InChI=1S/C47H61F3N8O16/c1-24(2)18-30(41(68)56-33(22-47(48,49)50)38(66)44(71)51-23-26-11-9-13-28(19-26)58(73)74)55-45(72)39(46(4,5)6)57-43(70)31(20-27-12-8-7-10-25(27)3)54-40(67)29(14-16-35(60)61)53-42(69)32(21-37(64)65)52-34(59)15-17-36(62)63/h7-13,19,24,29-33,39H,14-18,20-23H2,1-6H3,(H,51,71)(H,52,59)(H,53,69)(H,54,67)(H,55,72)(H,56,68)(H,57,70)(H,60,61)(H,62,63)(H,64,65)/t29-,30-,31-,32-,33-,39+/m0/s1. The van der Waals surface area contributed by atoms with Crippen molar-refractivity contribution in [2.75, 3.05) is 0 Å². The Hall–Kier alpha value is -8.00. The third-order valence-corrected chi connectivity index (χ3v) is 10.8. The summed E-state index contributed by atoms with van der Waals surface area (Å²) < 4.78 is 41.5. The van der Waals surface area contributed by atoms with Gasteiger partial charge in [-0.15, -0.1) is 0 Å². The molecule has 2 aromatic rings. The number of nitrogens with one attached hydrogen (secondary N) is 7. The molecule has 24 nitrogen and oxygen atoms in total. The average molecular weight is 1050 g/mol. The average Bonchev–Trinajstić information content (AvgIpc) is 3.28. The Labute approximate surface area is 421 Å². The predicted octanol–water partition coefficient (Wildman–Crippen LogP) is 1.49. The van der Waals surface area contributed by atoms with Crippen LogP contribution in [0.3, 0.4) is 0 Å². The van der Waals surface area contributed by atoms with E-state index in [0.717, 1.165) is 12.1 Å². The first-order chi connectivity index (χ1) is 34.3. The number of carboxylic acids is 3. The summed E-state index contributed by atoms with van der Waals surface area (Å²) in [7, 11) is 0. The Morgan fingerprint density at radius 3 is 1.76 bits per heavy atom. The summed E-state index contributed by atoms with van der Waals surface area (Å²) in [5, 5.41) is 54.6. The van der Waals surface area contributed by atoms with E-state index in [0.29, 0.717) is 11.1 Å². The minimum Gasteiger partial charge on any atom is -0.481 e. The van der Waals surface area contributed by atoms with Crippen LogP contribution in [-0.4, -0.2) is 128 Å². The maximum absolute atomic E-state index is 14.4. The van der Waals surface area contributed by atoms with E-state index in [1.165, 1.54) is 32.9 Å². The van der Waals surface area contributed by atoms with Gasteiger partial charge in [-0.1, -0.05) is 71.0 Å². The molecule has 0 aliphatic carbocycles. The van der Waals surface area contributed by atoms with Gasteiger partial charge < -0.3 is 52.5 Å². The number of aryl methyl sites for hydroxylation is 1. The van der Waals surface area contributed by atoms with Crippen molar-refractivity contribution in [2.45, 2.75) is 142 Å². The summed E-state index contributed by atoms with van der Waals surface area (Å²) in [6.45, 7) is 8.78. The maximum atomic E-state index is 14.4. The van der Waals surface area contributed by atoms with Gasteiger partial charge in [0.25, 0.3) is 11.6 Å². The number of carboxylic acid groups (broad SMARTS) is 3. The molecule has 406 valence electrons. The Kier molecular flexibility index (Phi) is 23.8. The minimum atomic E-state index is -5.12. The highest BCUT2D eigenvalue weighted by Crippen LogP contribution is 2.24. The number of halogens is 3. The molecule has 27 heteroatoms. The number of Topliss-reactive ketones (excluding diaryl/α,β-unsaturated/α-hetero) is 1. The van der Waals surface area contributed by atoms with Crippen molar-refractivity contribution < 1.29 is 86.2 Å². The zero-order chi connectivity index (χ0) is 56.2. The molecule has 0 aromatic heterocycles. The number of alkyl halides is 3. The molecule has 2 aromatic carbocycles. The molecule has 0 saturated heterocycles. The van der Waals surface area contributed by atoms with Gasteiger partial charge in [0.2, 0.25) is 41.2 Å². The number of non-ortho nitro benzene ring substituents is 1. The molecule has 0 aliphatic rings. The smallest absolute Gasteiger partial charge is 0.391 e. The quantitative estimate of drug-likeness (QED) is 0.0313. The highest BCUT2D eigenvalue weighted by atomic mass is 19.4. The van der Waals surface area contributed by atoms with E-state index in [1.54, 1.807) is 45.0 Å². The summed E-state index contributed by atoms with van der Waals surface area (Å²) in [6.07, 6.45) is -11.5. The van der Waals surface area contributed by atoms with Crippen LogP contribution < -0.4 is 37.2 Å². The Morgan fingerprint density at radius 2 is 1.20 bits per heavy atom. The highest BCUT2D eigenvalue weighted by molar-refractivity contribution is 6.38. The van der Waals surface area contributed by atoms with E-state index < -0.39 is 169 Å². The number of nitrogens with zero attached hydrogens (tertiary/aromatic N) is 1. The molecule has 0 radical (unpaired) electrons. The number of rotatable bonds is 29. The Balaban J connectivity index is 2.49. The summed E-state index contributed by atoms with van der Waals surface area (Å²) in [4.78, 5) is 153. The monoisotopic (exact) mass is 1050 g/mol. The third-order valence-electron chi connectivity index (χ3n) is 10.8. The fourth-order valence-electron chi connectivity index (χ4n) is 7.02. The van der Waals surface area contributed by atoms with E-state index in [1.807, 2.05) is 5.32 Å². The van der Waals surface area contributed by atoms with E-state index in [2.05, 4.69) is 31.9 Å². The van der Waals surface area contributed by atoms with Gasteiger partial charge in [0.05, 0.1) is 24.2 Å². The Bertz CT molecular complexity index is 2430. The lowest BCUT2D eigenvalue weighted by molar-refractivity contribution is -0.384. The number of nitro benzene ring substituents is 1. The van der Waals surface area contributed by atoms with Crippen LogP contribution in [-0.2, 0) is 65.7 Å². The largest absolute Gasteiger partial charge is 0.481 e. The topological polar surface area (TPSA) is 376 Å². The van der Waals surface area contributed by atoms with Crippen molar-refractivity contribution in [3.8, 4) is 0 Å². The van der Waals surface area contributed by atoms with Crippen LogP contribution in [0.5, 0.6) is 0 Å². The number of benzene rings is 2. The molecule has 2 rings (SSSR count). The van der Waals surface area contributed by atoms with E-state index in [4.69, 9.17) is 5.11 Å². The number of nitro groups is 1. The number of hydrogen-bond acceptors (Lipinski definition) is 13. The molecule has 6 atom stereocenters. The van der Waals surface area contributed by atoms with Crippen LogP contribution in [0.25, 0.3) is 0 Å². The van der Waals surface area contributed by atoms with Crippen molar-refractivity contribution >= 4 is 70.7 Å². The second kappa shape index (κ2) is 28.3. The van der Waals surface area contributed by atoms with Gasteiger partial charge in [-0.3, -0.25) is 62.9 Å². The Morgan fingerprint density at radius 1 is 0.649 bits per heavy atom. The van der Waals surface area contributed by atoms with E-state index in [9.17, 15) is 86.2 Å². The van der Waals surface area contributed by atoms with Gasteiger partial charge in [-0.25, -0.2) is 0 Å². The molecule has 0 spiro atoms. The van der Waals surface area contributed by atoms with Crippen LogP contribution in [0, 0.1) is 28.4 Å². The minimum absolute atomic E-state index is 0.120. The maximum Gasteiger partial charge on any atom is 0.391 e. The molecule has 7 amide bonds. The molecular formula is C47H61F3N8O16. The van der Waals surface area contributed by atoms with Gasteiger partial charge in [0.15, 0.2) is 0 Å². The van der Waals surface area contributed by atoms with Crippen LogP contribution in [0.4, 0.5) is 18.9 Å². The molecular weight excluding hydrogens is 990 g/mol. The number of ketones is 1. The number of amides is 7. The van der Waals surface area contributed by atoms with Crippen molar-refractivity contribution in [3.63, 3.8) is 0 Å². The molecule has 0 fully saturated rings. The third kappa shape index (κ3) is 22.2. The van der Waals surface area contributed by atoms with Crippen molar-refractivity contribution in [1.82, 2.24) is 37.2 Å². The molecule has 74 heavy (non-hydrogen) atoms. The molecule has 10 N–H and O–H groups in total. The van der Waals surface area contributed by atoms with Gasteiger partial charge in [0, 0.05) is 37.9 Å². The lowest BCUT2D eigenvalue weighted by atomic mass is 9.85. The number of carbonyl (C=O) groups is 11. The van der Waals surface area contributed by atoms with Crippen LogP contribution in [0.1, 0.15) is 96.3 Å². The first-order valence-electron chi connectivity index (χ1n) is 22.9. The second-order valence-corrected chi connectivity index (χ2v) is 18.6. The van der Waals surface area contributed by atoms with Gasteiger partial charge in [0.1, 0.15) is 36.3 Å². The lowest BCUT2D eigenvalue weighted by Gasteiger charge is -2.34. The first kappa shape index (κ1) is 62.1. The van der Waals surface area contributed by atoms with Gasteiger partial charge in [-0.05, 0) is 47.8 Å². The summed E-state index contributed by atoms with van der Waals surface area (Å²) in [5.74, 6) is -15.2. The van der Waals surface area contributed by atoms with Gasteiger partial charge >= 0.3 is 24.1 Å². The fourth-order valence-corrected chi connectivity index (χ4v) is 7.02. The molecule has 0 unspecified atom stereocenters. The van der Waals surface area contributed by atoms with E-state index in [-0.39, 0.29) is 24.1 Å². The summed E-state index contributed by atoms with van der Waals surface area (Å²) in [6, 6.07) is 0.149. The normalized spacial score (nSPS) is 13.8. The van der Waals surface area contributed by atoms with Crippen molar-refractivity contribution in [2.24, 2.45) is 11.3 Å². The van der Waals surface area contributed by atoms with Crippen LogP contribution in [0.15, 0.2) is 48.5 Å². The predicted molar refractivity (Wildman–Crippen MR) is 252 cm³/mol. The summed E-state index contributed by atoms with van der Waals surface area (Å²) in [5.41, 5.74) is -0.430. The zero-order valence-corrected chi connectivity index (χ0v) is 41.3. The van der Waals surface area contributed by atoms with Crippen molar-refractivity contribution in [3.05, 3.63) is 75.3 Å². The number of aliphatic carboxylic acids is 3. The molecule has 0 heterocycles. The van der Waals surface area contributed by atoms with Crippen LogP contribution in [0.2, 0.25) is 0 Å². The zero-order valence-electron chi connectivity index (χ0n) is 41.3. The van der Waals surface area contributed by atoms with E-state index >= 15 is 0 Å². The van der Waals surface area contributed by atoms with Crippen molar-refractivity contribution in [1.29, 1.82) is 0 Å². The SMILES string of the molecule is Cc1ccccc1C[C@H](NC(=O)[C@H](CCC(=O)O)NC(=O)[C@H](CC(=O)O)NC(=O)CCC(=O)O)C(=O)N[C@H](C(=O)N[C@@H](CC(C)C)C(=O)N[C@@H](CC(F)(F)F)C(=O)C(=O)NCc1cccc([N+](=O)[O-])c1)C(C)(C)C. The fraction of sp³-hybridized carbons (Fsp3) is 0.511. The number of hydrogen-bond donors (Lipinski definition) is 10. The summed E-state index contributed by atoms with van der Waals surface area (Å²) >= 11 is 0. The number of carbonyl (C=O) groups excluding carboxylic acids is 8. The second-order valence-electron chi connectivity index (χ2n) is 18.6.